The number of rotatable bonds is 2. The van der Waals surface area contributed by atoms with Crippen LogP contribution in [0.1, 0.15) is 26.7 Å². The van der Waals surface area contributed by atoms with E-state index in [4.69, 9.17) is 9.68 Å². The summed E-state index contributed by atoms with van der Waals surface area (Å²) in [5.74, 6) is 2.50. The minimum absolute atomic E-state index is 0.655. The molecule has 2 nitrogen and oxygen atoms in total. The Kier molecular flexibility index (Phi) is 3.15. The minimum atomic E-state index is -0.655. The fourth-order valence-electron chi connectivity index (χ4n) is 1.34. The van der Waals surface area contributed by atoms with Crippen molar-refractivity contribution in [2.75, 3.05) is 6.61 Å². The molecule has 0 aromatic rings. The lowest BCUT2D eigenvalue weighted by molar-refractivity contribution is 0.262. The molecule has 62 valence electrons. The van der Waals surface area contributed by atoms with Crippen LogP contribution in [0.4, 0.5) is 0 Å². The van der Waals surface area contributed by atoms with Gasteiger partial charge in [0.15, 0.2) is 0 Å². The van der Waals surface area contributed by atoms with Gasteiger partial charge in [-0.15, -0.1) is 0 Å². The highest BCUT2D eigenvalue weighted by Crippen LogP contribution is 2.17. The van der Waals surface area contributed by atoms with Crippen LogP contribution in [0.25, 0.3) is 0 Å². The molecular formula is C8H15BO2. The molecule has 0 aromatic carbocycles. The van der Waals surface area contributed by atoms with Crippen LogP contribution in [0.2, 0.25) is 0 Å². The van der Waals surface area contributed by atoms with Crippen molar-refractivity contribution in [2.45, 2.75) is 26.7 Å². The second-order valence-corrected chi connectivity index (χ2v) is 3.43. The van der Waals surface area contributed by atoms with Gasteiger partial charge in [0, 0.05) is 6.61 Å². The maximum absolute atomic E-state index is 9.09. The summed E-state index contributed by atoms with van der Waals surface area (Å²) in [6, 6.07) is 0. The van der Waals surface area contributed by atoms with Gasteiger partial charge in [0.25, 0.3) is 0 Å². The fourth-order valence-corrected chi connectivity index (χ4v) is 1.34. The lowest BCUT2D eigenvalue weighted by Crippen LogP contribution is -2.21. The molecule has 0 unspecified atom stereocenters. The minimum Gasteiger partial charge on any atom is -0.423 e. The first kappa shape index (κ1) is 8.82. The number of hydrogen-bond donors (Lipinski definition) is 1. The zero-order valence-electron chi connectivity index (χ0n) is 7.21. The molecular weight excluding hydrogens is 139 g/mol. The van der Waals surface area contributed by atoms with Gasteiger partial charge >= 0.3 is 7.12 Å². The van der Waals surface area contributed by atoms with Gasteiger partial charge < -0.3 is 9.68 Å². The van der Waals surface area contributed by atoms with E-state index in [1.54, 1.807) is 0 Å². The summed E-state index contributed by atoms with van der Waals surface area (Å²) in [5.41, 5.74) is 1.33. The van der Waals surface area contributed by atoms with Gasteiger partial charge in [-0.2, -0.15) is 0 Å². The van der Waals surface area contributed by atoms with E-state index < -0.39 is 7.12 Å². The van der Waals surface area contributed by atoms with E-state index in [1.165, 1.54) is 5.57 Å². The molecule has 0 aliphatic carbocycles. The summed E-state index contributed by atoms with van der Waals surface area (Å²) >= 11 is 0. The Labute approximate surface area is 68.4 Å². The second-order valence-electron chi connectivity index (χ2n) is 3.43. The molecule has 0 fully saturated rings. The smallest absolute Gasteiger partial charge is 0.423 e. The van der Waals surface area contributed by atoms with Crippen LogP contribution in [0.15, 0.2) is 11.5 Å². The van der Waals surface area contributed by atoms with E-state index in [2.05, 4.69) is 13.8 Å². The lowest BCUT2D eigenvalue weighted by atomic mass is 9.82. The van der Waals surface area contributed by atoms with Crippen molar-refractivity contribution in [1.82, 2.24) is 0 Å². The molecule has 1 heterocycles. The first-order valence-electron chi connectivity index (χ1n) is 4.17. The molecule has 1 aliphatic heterocycles. The highest BCUT2D eigenvalue weighted by Gasteiger charge is 2.16. The molecule has 0 radical (unpaired) electrons. The monoisotopic (exact) mass is 154 g/mol. The summed E-state index contributed by atoms with van der Waals surface area (Å²) in [7, 11) is -0.655. The van der Waals surface area contributed by atoms with E-state index in [0.29, 0.717) is 12.5 Å². The van der Waals surface area contributed by atoms with Crippen molar-refractivity contribution in [3.05, 3.63) is 11.5 Å². The Morgan fingerprint density at radius 1 is 1.73 bits per heavy atom. The van der Waals surface area contributed by atoms with Crippen molar-refractivity contribution in [3.63, 3.8) is 0 Å². The molecule has 1 rings (SSSR count). The quantitative estimate of drug-likeness (QED) is 0.609. The molecule has 0 amide bonds. The zero-order valence-corrected chi connectivity index (χ0v) is 7.21. The molecule has 0 saturated heterocycles. The van der Waals surface area contributed by atoms with Crippen LogP contribution in [0.5, 0.6) is 0 Å². The van der Waals surface area contributed by atoms with Gasteiger partial charge in [-0.05, 0) is 18.8 Å². The molecule has 0 aromatic heterocycles. The Balaban J connectivity index is 2.43. The van der Waals surface area contributed by atoms with Crippen molar-refractivity contribution in [1.29, 1.82) is 0 Å². The number of hydrogen-bond acceptors (Lipinski definition) is 2. The summed E-state index contributed by atoms with van der Waals surface area (Å²) in [6.07, 6.45) is 2.07. The third-order valence-electron chi connectivity index (χ3n) is 1.76. The van der Waals surface area contributed by atoms with Gasteiger partial charge in [-0.1, -0.05) is 25.4 Å². The molecule has 0 bridgehead atoms. The highest BCUT2D eigenvalue weighted by molar-refractivity contribution is 6.49. The zero-order chi connectivity index (χ0) is 8.27. The van der Waals surface area contributed by atoms with Gasteiger partial charge in [-0.25, -0.2) is 0 Å². The summed E-state index contributed by atoms with van der Waals surface area (Å²) in [5, 5.41) is 9.09. The summed E-state index contributed by atoms with van der Waals surface area (Å²) in [6.45, 7) is 5.03. The van der Waals surface area contributed by atoms with E-state index in [-0.39, 0.29) is 0 Å². The first-order valence-corrected chi connectivity index (χ1v) is 4.17. The highest BCUT2D eigenvalue weighted by atomic mass is 16.5. The Morgan fingerprint density at radius 2 is 2.45 bits per heavy atom. The Hall–Kier alpha value is -0.275. The average molecular weight is 154 g/mol. The maximum Gasteiger partial charge on any atom is 0.483 e. The predicted octanol–water partition coefficient (Wildman–Crippen LogP) is 1.40. The Morgan fingerprint density at radius 3 is 3.00 bits per heavy atom. The van der Waals surface area contributed by atoms with Crippen molar-refractivity contribution in [3.8, 4) is 0 Å². The van der Waals surface area contributed by atoms with E-state index in [9.17, 15) is 0 Å². The van der Waals surface area contributed by atoms with Crippen LogP contribution < -0.4 is 0 Å². The van der Waals surface area contributed by atoms with Crippen molar-refractivity contribution in [2.24, 2.45) is 5.92 Å². The fraction of sp³-hybridized carbons (Fsp3) is 0.750. The van der Waals surface area contributed by atoms with Crippen LogP contribution in [-0.4, -0.2) is 18.7 Å². The summed E-state index contributed by atoms with van der Waals surface area (Å²) in [4.78, 5) is 0. The second kappa shape index (κ2) is 3.93. The van der Waals surface area contributed by atoms with Crippen LogP contribution in [0.3, 0.4) is 0 Å². The molecule has 3 heteroatoms. The molecule has 1 aliphatic rings. The van der Waals surface area contributed by atoms with E-state index >= 15 is 0 Å². The average Bonchev–Trinajstić information content (AvgIpc) is 1.85. The third kappa shape index (κ3) is 3.08. The van der Waals surface area contributed by atoms with Crippen molar-refractivity contribution >= 4 is 7.12 Å². The largest absolute Gasteiger partial charge is 0.483 e. The third-order valence-corrected chi connectivity index (χ3v) is 1.76. The summed E-state index contributed by atoms with van der Waals surface area (Å²) < 4.78 is 4.97. The van der Waals surface area contributed by atoms with Gasteiger partial charge in [0.2, 0.25) is 0 Å². The Bertz CT molecular complexity index is 154. The molecule has 0 saturated carbocycles. The van der Waals surface area contributed by atoms with Gasteiger partial charge in [0.05, 0.1) is 0 Å². The van der Waals surface area contributed by atoms with Crippen LogP contribution in [-0.2, 0) is 4.65 Å². The SMILES string of the molecule is CC(C)CC1=CB(O)OCC1. The predicted molar refractivity (Wildman–Crippen MR) is 46.1 cm³/mol. The lowest BCUT2D eigenvalue weighted by Gasteiger charge is -2.16. The standard InChI is InChI=1S/C8H15BO2/c1-7(2)5-8-3-4-11-9(10)6-8/h6-7,10H,3-5H2,1-2H3. The van der Waals surface area contributed by atoms with Crippen LogP contribution >= 0.6 is 0 Å². The van der Waals surface area contributed by atoms with E-state index in [0.717, 1.165) is 12.8 Å². The van der Waals surface area contributed by atoms with Gasteiger partial charge in [0.1, 0.15) is 0 Å². The topological polar surface area (TPSA) is 29.5 Å². The van der Waals surface area contributed by atoms with Crippen LogP contribution in [0, 0.1) is 5.92 Å². The normalized spacial score (nSPS) is 18.9. The molecule has 0 atom stereocenters. The molecule has 11 heavy (non-hydrogen) atoms. The molecule has 0 spiro atoms. The molecule has 1 N–H and O–H groups in total. The van der Waals surface area contributed by atoms with Crippen molar-refractivity contribution < 1.29 is 9.68 Å². The van der Waals surface area contributed by atoms with E-state index in [1.807, 2.05) is 5.98 Å². The first-order chi connectivity index (χ1) is 5.18. The maximum atomic E-state index is 9.09. The van der Waals surface area contributed by atoms with Gasteiger partial charge in [-0.3, -0.25) is 0 Å².